The summed E-state index contributed by atoms with van der Waals surface area (Å²) in [4.78, 5) is 13.5. The van der Waals surface area contributed by atoms with Crippen LogP contribution in [0.4, 0.5) is 5.69 Å². The molecule has 23 heavy (non-hydrogen) atoms. The van der Waals surface area contributed by atoms with Gasteiger partial charge in [0.25, 0.3) is 0 Å². The number of hydrogen-bond donors (Lipinski definition) is 1. The second kappa shape index (κ2) is 8.48. The van der Waals surface area contributed by atoms with Crippen molar-refractivity contribution < 1.29 is 14.3 Å². The van der Waals surface area contributed by atoms with Crippen LogP contribution in [0.5, 0.6) is 11.5 Å². The molecule has 122 valence electrons. The molecule has 0 aliphatic heterocycles. The smallest absolute Gasteiger partial charge is 0.237 e. The number of methoxy groups -OCH3 is 2. The summed E-state index contributed by atoms with van der Waals surface area (Å²) in [6.45, 7) is 1.99. The SMILES string of the molecule is CCC(Sc1ccccc1OC)C(=O)Nc1ccccc1OC. The number of benzene rings is 2. The van der Waals surface area contributed by atoms with Gasteiger partial charge in [-0.3, -0.25) is 4.79 Å². The summed E-state index contributed by atoms with van der Waals surface area (Å²) >= 11 is 1.50. The molecule has 1 unspecified atom stereocenters. The van der Waals surface area contributed by atoms with Gasteiger partial charge in [-0.1, -0.05) is 31.2 Å². The van der Waals surface area contributed by atoms with Crippen LogP contribution in [0, 0.1) is 0 Å². The second-order valence-electron chi connectivity index (χ2n) is 4.86. The minimum atomic E-state index is -0.212. The van der Waals surface area contributed by atoms with Crippen molar-refractivity contribution in [3.05, 3.63) is 48.5 Å². The molecule has 0 heterocycles. The van der Waals surface area contributed by atoms with Crippen LogP contribution in [-0.2, 0) is 4.79 Å². The molecule has 2 aromatic carbocycles. The lowest BCUT2D eigenvalue weighted by molar-refractivity contribution is -0.115. The summed E-state index contributed by atoms with van der Waals surface area (Å²) in [7, 11) is 3.22. The first-order valence-corrected chi connectivity index (χ1v) is 8.31. The van der Waals surface area contributed by atoms with Gasteiger partial charge in [0.2, 0.25) is 5.91 Å². The van der Waals surface area contributed by atoms with Crippen LogP contribution in [0.25, 0.3) is 0 Å². The second-order valence-corrected chi connectivity index (χ2v) is 6.10. The number of amides is 1. The summed E-state index contributed by atoms with van der Waals surface area (Å²) < 4.78 is 10.6. The lowest BCUT2D eigenvalue weighted by Gasteiger charge is -2.17. The number of carbonyl (C=O) groups is 1. The number of para-hydroxylation sites is 3. The van der Waals surface area contributed by atoms with E-state index in [-0.39, 0.29) is 11.2 Å². The van der Waals surface area contributed by atoms with Gasteiger partial charge in [-0.15, -0.1) is 11.8 Å². The molecule has 0 radical (unpaired) electrons. The summed E-state index contributed by atoms with van der Waals surface area (Å²) in [5, 5.41) is 2.73. The van der Waals surface area contributed by atoms with Crippen molar-refractivity contribution in [1.82, 2.24) is 0 Å². The van der Waals surface area contributed by atoms with E-state index in [2.05, 4.69) is 5.32 Å². The number of hydrogen-bond acceptors (Lipinski definition) is 4. The number of ether oxygens (including phenoxy) is 2. The molecule has 4 nitrogen and oxygen atoms in total. The molecule has 0 aliphatic carbocycles. The maximum atomic E-state index is 12.6. The summed E-state index contributed by atoms with van der Waals surface area (Å²) in [6.07, 6.45) is 0.712. The Morgan fingerprint density at radius 1 is 1.04 bits per heavy atom. The molecule has 1 N–H and O–H groups in total. The lowest BCUT2D eigenvalue weighted by Crippen LogP contribution is -2.24. The fourth-order valence-electron chi connectivity index (χ4n) is 2.15. The number of rotatable bonds is 7. The van der Waals surface area contributed by atoms with Crippen LogP contribution in [0.2, 0.25) is 0 Å². The van der Waals surface area contributed by atoms with Crippen LogP contribution in [0.15, 0.2) is 53.4 Å². The molecule has 2 rings (SSSR count). The van der Waals surface area contributed by atoms with Gasteiger partial charge in [-0.05, 0) is 30.7 Å². The monoisotopic (exact) mass is 331 g/mol. The third kappa shape index (κ3) is 4.42. The lowest BCUT2D eigenvalue weighted by atomic mass is 10.2. The van der Waals surface area contributed by atoms with Crippen LogP contribution in [0.1, 0.15) is 13.3 Å². The van der Waals surface area contributed by atoms with E-state index in [1.165, 1.54) is 11.8 Å². The molecule has 0 aromatic heterocycles. The first-order valence-electron chi connectivity index (χ1n) is 7.43. The molecule has 5 heteroatoms. The summed E-state index contributed by atoms with van der Waals surface area (Å²) in [5.41, 5.74) is 0.680. The van der Waals surface area contributed by atoms with Crippen LogP contribution >= 0.6 is 11.8 Å². The van der Waals surface area contributed by atoms with Crippen LogP contribution < -0.4 is 14.8 Å². The Bertz CT molecular complexity index is 660. The maximum absolute atomic E-state index is 12.6. The summed E-state index contributed by atoms with van der Waals surface area (Å²) in [6, 6.07) is 15.1. The highest BCUT2D eigenvalue weighted by Gasteiger charge is 2.20. The van der Waals surface area contributed by atoms with Gasteiger partial charge in [0, 0.05) is 0 Å². The Labute approximate surface area is 141 Å². The Morgan fingerprint density at radius 3 is 2.30 bits per heavy atom. The maximum Gasteiger partial charge on any atom is 0.237 e. The van der Waals surface area contributed by atoms with Gasteiger partial charge in [0.05, 0.1) is 30.1 Å². The van der Waals surface area contributed by atoms with E-state index in [4.69, 9.17) is 9.47 Å². The first-order chi connectivity index (χ1) is 11.2. The van der Waals surface area contributed by atoms with Gasteiger partial charge in [0.15, 0.2) is 0 Å². The van der Waals surface area contributed by atoms with Gasteiger partial charge < -0.3 is 14.8 Å². The zero-order chi connectivity index (χ0) is 16.7. The van der Waals surface area contributed by atoms with E-state index in [9.17, 15) is 4.79 Å². The van der Waals surface area contributed by atoms with Crippen LogP contribution in [0.3, 0.4) is 0 Å². The molecule has 0 saturated heterocycles. The van der Waals surface area contributed by atoms with Gasteiger partial charge in [0.1, 0.15) is 11.5 Å². The van der Waals surface area contributed by atoms with E-state index in [0.29, 0.717) is 17.9 Å². The van der Waals surface area contributed by atoms with Crippen molar-refractivity contribution in [3.8, 4) is 11.5 Å². The van der Waals surface area contributed by atoms with Crippen molar-refractivity contribution in [1.29, 1.82) is 0 Å². The van der Waals surface area contributed by atoms with Crippen molar-refractivity contribution in [2.45, 2.75) is 23.5 Å². The van der Waals surface area contributed by atoms with Crippen molar-refractivity contribution in [2.75, 3.05) is 19.5 Å². The van der Waals surface area contributed by atoms with Crippen molar-refractivity contribution in [3.63, 3.8) is 0 Å². The number of thioether (sulfide) groups is 1. The minimum absolute atomic E-state index is 0.0482. The largest absolute Gasteiger partial charge is 0.496 e. The number of anilines is 1. The van der Waals surface area contributed by atoms with E-state index in [1.54, 1.807) is 14.2 Å². The zero-order valence-corrected chi connectivity index (χ0v) is 14.4. The molecule has 0 spiro atoms. The fourth-order valence-corrected chi connectivity index (χ4v) is 3.22. The highest BCUT2D eigenvalue weighted by atomic mass is 32.2. The molecule has 0 bridgehead atoms. The Kier molecular flexibility index (Phi) is 6.35. The molecule has 0 aliphatic rings. The van der Waals surface area contributed by atoms with Gasteiger partial charge >= 0.3 is 0 Å². The molecular weight excluding hydrogens is 310 g/mol. The molecule has 1 atom stereocenters. The zero-order valence-electron chi connectivity index (χ0n) is 13.5. The van der Waals surface area contributed by atoms with Gasteiger partial charge in [-0.2, -0.15) is 0 Å². The molecule has 2 aromatic rings. The molecular formula is C18H21NO3S. The number of nitrogens with one attached hydrogen (secondary N) is 1. The highest BCUT2D eigenvalue weighted by Crippen LogP contribution is 2.34. The van der Waals surface area contributed by atoms with Gasteiger partial charge in [-0.25, -0.2) is 0 Å². The van der Waals surface area contributed by atoms with E-state index in [0.717, 1.165) is 10.6 Å². The predicted octanol–water partition coefficient (Wildman–Crippen LogP) is 4.21. The molecule has 0 fully saturated rings. The Morgan fingerprint density at radius 2 is 1.65 bits per heavy atom. The van der Waals surface area contributed by atoms with E-state index < -0.39 is 0 Å². The van der Waals surface area contributed by atoms with E-state index >= 15 is 0 Å². The molecule has 0 saturated carbocycles. The quantitative estimate of drug-likeness (QED) is 0.772. The highest BCUT2D eigenvalue weighted by molar-refractivity contribution is 8.00. The minimum Gasteiger partial charge on any atom is -0.496 e. The van der Waals surface area contributed by atoms with Crippen LogP contribution in [-0.4, -0.2) is 25.4 Å². The Balaban J connectivity index is 2.12. The number of carbonyl (C=O) groups excluding carboxylic acids is 1. The fraction of sp³-hybridized carbons (Fsp3) is 0.278. The standard InChI is InChI=1S/C18H21NO3S/c1-4-16(23-17-12-8-7-11-15(17)22-3)18(20)19-13-9-5-6-10-14(13)21-2/h5-12,16H,4H2,1-3H3,(H,19,20). The normalized spacial score (nSPS) is 11.6. The first kappa shape index (κ1) is 17.2. The average molecular weight is 331 g/mol. The third-order valence-corrected chi connectivity index (χ3v) is 4.79. The predicted molar refractivity (Wildman–Crippen MR) is 94.6 cm³/mol. The summed E-state index contributed by atoms with van der Waals surface area (Å²) in [5.74, 6) is 1.38. The molecule has 1 amide bonds. The van der Waals surface area contributed by atoms with Crippen molar-refractivity contribution >= 4 is 23.4 Å². The van der Waals surface area contributed by atoms with E-state index in [1.807, 2.05) is 55.5 Å². The topological polar surface area (TPSA) is 47.6 Å². The Hall–Kier alpha value is -2.14. The average Bonchev–Trinajstić information content (AvgIpc) is 2.60. The third-order valence-electron chi connectivity index (χ3n) is 3.37. The van der Waals surface area contributed by atoms with Crippen molar-refractivity contribution in [2.24, 2.45) is 0 Å².